The first-order chi connectivity index (χ1) is 14.1. The first-order valence-corrected chi connectivity index (χ1v) is 10.7. The molecule has 1 saturated carbocycles. The molecule has 3 amide bonds. The Morgan fingerprint density at radius 2 is 1.83 bits per heavy atom. The van der Waals surface area contributed by atoms with Crippen LogP contribution in [-0.4, -0.2) is 46.0 Å². The summed E-state index contributed by atoms with van der Waals surface area (Å²) in [6.45, 7) is 7.74. The highest BCUT2D eigenvalue weighted by Gasteiger charge is 2.37. The summed E-state index contributed by atoms with van der Waals surface area (Å²) in [6.07, 6.45) is 7.35. The summed E-state index contributed by atoms with van der Waals surface area (Å²) >= 11 is 0. The fourth-order valence-electron chi connectivity index (χ4n) is 4.01. The molecule has 2 aliphatic rings. The van der Waals surface area contributed by atoms with Crippen molar-refractivity contribution in [2.24, 2.45) is 5.92 Å². The second kappa shape index (κ2) is 9.02. The molecule has 1 atom stereocenters. The molecule has 2 N–H and O–H groups in total. The number of ether oxygens (including phenoxy) is 1. The van der Waals surface area contributed by atoms with Gasteiger partial charge in [-0.25, -0.2) is 9.78 Å². The summed E-state index contributed by atoms with van der Waals surface area (Å²) in [5.41, 5.74) is 0.451. The average Bonchev–Trinajstić information content (AvgIpc) is 2.61. The third-order valence-corrected chi connectivity index (χ3v) is 5.65. The number of amides is 3. The Morgan fingerprint density at radius 1 is 1.10 bits per heavy atom. The van der Waals surface area contributed by atoms with E-state index in [0.717, 1.165) is 32.1 Å². The van der Waals surface area contributed by atoms with Gasteiger partial charge in [-0.05, 0) is 77.3 Å². The fraction of sp³-hybridized carbons (Fsp3) is 0.636. The number of carbonyl (C=O) groups is 3. The predicted molar refractivity (Wildman–Crippen MR) is 114 cm³/mol. The van der Waals surface area contributed by atoms with Gasteiger partial charge in [-0.15, -0.1) is 0 Å². The van der Waals surface area contributed by atoms with Crippen LogP contribution in [0.2, 0.25) is 0 Å². The first kappa shape index (κ1) is 22.1. The molecule has 0 aromatic carbocycles. The van der Waals surface area contributed by atoms with Crippen molar-refractivity contribution in [3.05, 3.63) is 17.8 Å². The number of piperidine rings is 1. The molecule has 1 aliphatic heterocycles. The zero-order valence-corrected chi connectivity index (χ0v) is 18.3. The molecule has 1 aromatic heterocycles. The van der Waals surface area contributed by atoms with Gasteiger partial charge in [0, 0.05) is 12.6 Å². The van der Waals surface area contributed by atoms with Crippen molar-refractivity contribution in [3.8, 4) is 0 Å². The molecule has 2 fully saturated rings. The summed E-state index contributed by atoms with van der Waals surface area (Å²) in [5, 5.41) is 5.25. The van der Waals surface area contributed by atoms with Gasteiger partial charge >= 0.3 is 17.9 Å². The Morgan fingerprint density at radius 3 is 2.43 bits per heavy atom. The largest absolute Gasteiger partial charge is 0.444 e. The quantitative estimate of drug-likeness (QED) is 0.729. The zero-order chi connectivity index (χ0) is 21.9. The van der Waals surface area contributed by atoms with Gasteiger partial charge in [0.2, 0.25) is 0 Å². The smallest absolute Gasteiger partial charge is 0.413 e. The molecule has 164 valence electrons. The van der Waals surface area contributed by atoms with Crippen LogP contribution in [0.4, 0.5) is 16.3 Å². The Kier molecular flexibility index (Phi) is 6.63. The lowest BCUT2D eigenvalue weighted by Crippen LogP contribution is -2.52. The van der Waals surface area contributed by atoms with Gasteiger partial charge in [-0.1, -0.05) is 6.42 Å². The summed E-state index contributed by atoms with van der Waals surface area (Å²) in [5.74, 6) is -0.241. The van der Waals surface area contributed by atoms with E-state index in [4.69, 9.17) is 4.74 Å². The van der Waals surface area contributed by atoms with Crippen LogP contribution in [0.5, 0.6) is 0 Å². The van der Waals surface area contributed by atoms with Crippen molar-refractivity contribution in [1.29, 1.82) is 0 Å². The van der Waals surface area contributed by atoms with E-state index in [1.165, 1.54) is 12.6 Å². The molecule has 1 aromatic rings. The topological polar surface area (TPSA) is 101 Å². The molecule has 8 heteroatoms. The molecule has 8 nitrogen and oxygen atoms in total. The number of likely N-dealkylation sites (tertiary alicyclic amines) is 1. The highest BCUT2D eigenvalue weighted by molar-refractivity contribution is 6.39. The molecule has 1 saturated heterocycles. The molecule has 0 spiro atoms. The third-order valence-electron chi connectivity index (χ3n) is 5.65. The van der Waals surface area contributed by atoms with Gasteiger partial charge in [0.05, 0.1) is 11.9 Å². The van der Waals surface area contributed by atoms with Crippen molar-refractivity contribution in [3.63, 3.8) is 0 Å². The van der Waals surface area contributed by atoms with Crippen LogP contribution >= 0.6 is 0 Å². The summed E-state index contributed by atoms with van der Waals surface area (Å²) < 4.78 is 5.22. The van der Waals surface area contributed by atoms with Crippen molar-refractivity contribution >= 4 is 29.4 Å². The molecule has 1 unspecified atom stereocenters. The predicted octanol–water partition coefficient (Wildman–Crippen LogP) is 3.86. The lowest BCUT2D eigenvalue weighted by atomic mass is 9.76. The second-order valence-corrected chi connectivity index (χ2v) is 9.22. The van der Waals surface area contributed by atoms with E-state index in [9.17, 15) is 14.4 Å². The number of nitrogens with one attached hydrogen (secondary N) is 2. The number of anilines is 2. The van der Waals surface area contributed by atoms with E-state index in [1.54, 1.807) is 38.7 Å². The Balaban J connectivity index is 1.61. The highest BCUT2D eigenvalue weighted by Crippen LogP contribution is 2.36. The van der Waals surface area contributed by atoms with Crippen molar-refractivity contribution in [2.45, 2.75) is 77.9 Å². The third kappa shape index (κ3) is 5.49. The number of nitrogens with zero attached hydrogens (tertiary/aromatic N) is 2. The number of hydrogen-bond acceptors (Lipinski definition) is 5. The van der Waals surface area contributed by atoms with E-state index in [2.05, 4.69) is 15.6 Å². The summed E-state index contributed by atoms with van der Waals surface area (Å²) in [7, 11) is 0. The van der Waals surface area contributed by atoms with Gasteiger partial charge in [0.15, 0.2) is 0 Å². The van der Waals surface area contributed by atoms with Crippen molar-refractivity contribution in [2.75, 3.05) is 17.2 Å². The van der Waals surface area contributed by atoms with Crippen LogP contribution in [0, 0.1) is 12.8 Å². The number of aromatic nitrogens is 1. The van der Waals surface area contributed by atoms with Gasteiger partial charge < -0.3 is 15.0 Å². The van der Waals surface area contributed by atoms with Crippen LogP contribution in [0.15, 0.2) is 12.3 Å². The molecule has 0 bridgehead atoms. The second-order valence-electron chi connectivity index (χ2n) is 9.22. The molecule has 1 aliphatic carbocycles. The number of aryl methyl sites for hydroxylation is 1. The highest BCUT2D eigenvalue weighted by atomic mass is 16.6. The molecule has 0 radical (unpaired) electrons. The van der Waals surface area contributed by atoms with Crippen LogP contribution in [0.1, 0.15) is 64.9 Å². The number of hydrogen-bond donors (Lipinski definition) is 2. The maximum absolute atomic E-state index is 12.8. The standard InChI is InChI=1S/C22H32N4O4/c1-14-12-16(13-23-18(14)25-21(29)30-22(2,3)4)24-19(27)20(28)26-11-6-5-10-17(26)15-8-7-9-15/h12-13,15,17H,5-11H2,1-4H3,(H,24,27)(H,23,25,29). The SMILES string of the molecule is Cc1cc(NC(=O)C(=O)N2CCCCC2C2CCC2)cnc1NC(=O)OC(C)(C)C. The lowest BCUT2D eigenvalue weighted by molar-refractivity contribution is -0.147. The molecule has 3 rings (SSSR count). The Hall–Kier alpha value is -2.64. The number of pyridine rings is 1. The van der Waals surface area contributed by atoms with Crippen LogP contribution in [0.3, 0.4) is 0 Å². The average molecular weight is 417 g/mol. The van der Waals surface area contributed by atoms with Crippen molar-refractivity contribution < 1.29 is 19.1 Å². The Bertz CT molecular complexity index is 814. The van der Waals surface area contributed by atoms with E-state index in [1.807, 2.05) is 0 Å². The first-order valence-electron chi connectivity index (χ1n) is 10.7. The lowest BCUT2D eigenvalue weighted by Gasteiger charge is -2.43. The van der Waals surface area contributed by atoms with Gasteiger partial charge in [-0.3, -0.25) is 14.9 Å². The van der Waals surface area contributed by atoms with Gasteiger partial charge in [-0.2, -0.15) is 0 Å². The summed E-state index contributed by atoms with van der Waals surface area (Å²) in [6, 6.07) is 1.86. The van der Waals surface area contributed by atoms with E-state index in [0.29, 0.717) is 29.5 Å². The summed E-state index contributed by atoms with van der Waals surface area (Å²) in [4.78, 5) is 43.3. The van der Waals surface area contributed by atoms with E-state index < -0.39 is 23.5 Å². The maximum atomic E-state index is 12.8. The maximum Gasteiger partial charge on any atom is 0.413 e. The van der Waals surface area contributed by atoms with E-state index >= 15 is 0 Å². The monoisotopic (exact) mass is 416 g/mol. The normalized spacial score (nSPS) is 19.6. The Labute approximate surface area is 177 Å². The van der Waals surface area contributed by atoms with E-state index in [-0.39, 0.29) is 6.04 Å². The number of carbonyl (C=O) groups excluding carboxylic acids is 3. The van der Waals surface area contributed by atoms with Crippen LogP contribution in [0.25, 0.3) is 0 Å². The zero-order valence-electron chi connectivity index (χ0n) is 18.3. The minimum Gasteiger partial charge on any atom is -0.444 e. The van der Waals surface area contributed by atoms with Gasteiger partial charge in [0.1, 0.15) is 11.4 Å². The molecular formula is C22H32N4O4. The van der Waals surface area contributed by atoms with Crippen LogP contribution in [-0.2, 0) is 14.3 Å². The fourth-order valence-corrected chi connectivity index (χ4v) is 4.01. The van der Waals surface area contributed by atoms with Crippen molar-refractivity contribution in [1.82, 2.24) is 9.88 Å². The minimum absolute atomic E-state index is 0.186. The number of rotatable bonds is 3. The molecule has 2 heterocycles. The molecular weight excluding hydrogens is 384 g/mol. The van der Waals surface area contributed by atoms with Crippen LogP contribution < -0.4 is 10.6 Å². The molecule has 30 heavy (non-hydrogen) atoms. The van der Waals surface area contributed by atoms with Gasteiger partial charge in [0.25, 0.3) is 0 Å². The minimum atomic E-state index is -0.643.